The van der Waals surface area contributed by atoms with Crippen LogP contribution in [0.4, 0.5) is 8.78 Å². The van der Waals surface area contributed by atoms with E-state index in [9.17, 15) is 13.6 Å². The summed E-state index contributed by atoms with van der Waals surface area (Å²) < 4.78 is 29.0. The molecule has 1 aromatic heterocycles. The maximum atomic E-state index is 14.1. The lowest BCUT2D eigenvalue weighted by Crippen LogP contribution is -2.49. The molecule has 0 atom stereocenters. The van der Waals surface area contributed by atoms with E-state index in [1.165, 1.54) is 42.7 Å². The van der Waals surface area contributed by atoms with Gasteiger partial charge in [0.25, 0.3) is 5.91 Å². The minimum absolute atomic E-state index is 0.00479. The van der Waals surface area contributed by atoms with Gasteiger partial charge in [0.1, 0.15) is 11.6 Å². The summed E-state index contributed by atoms with van der Waals surface area (Å²) in [5.41, 5.74) is 0.0632. The van der Waals surface area contributed by atoms with Crippen LogP contribution in [0.1, 0.15) is 38.5 Å². The molecule has 2 aromatic rings. The van der Waals surface area contributed by atoms with Crippen LogP contribution in [-0.2, 0) is 11.8 Å². The van der Waals surface area contributed by atoms with E-state index < -0.39 is 11.6 Å². The Labute approximate surface area is 160 Å². The number of aromatic nitrogens is 1. The maximum Gasteiger partial charge on any atom is 0.254 e. The molecular formula is C21H22F2N2OS. The van der Waals surface area contributed by atoms with E-state index in [0.29, 0.717) is 33.0 Å². The fraction of sp³-hybridized carbons (Fsp3) is 0.524. The van der Waals surface area contributed by atoms with E-state index in [4.69, 9.17) is 0 Å². The minimum atomic E-state index is -0.601. The molecule has 1 amide bonds. The number of amides is 1. The molecule has 0 aliphatic heterocycles. The van der Waals surface area contributed by atoms with Gasteiger partial charge < -0.3 is 4.57 Å². The number of carbonyl (C=O) groups excluding carboxylic acids is 1. The largest absolute Gasteiger partial charge is 0.326 e. The zero-order valence-electron chi connectivity index (χ0n) is 15.3. The Balaban J connectivity index is 1.49. The van der Waals surface area contributed by atoms with Gasteiger partial charge in [0.15, 0.2) is 4.80 Å². The molecule has 0 N–H and O–H groups in total. The number of benzene rings is 1. The van der Waals surface area contributed by atoms with E-state index >= 15 is 0 Å². The van der Waals surface area contributed by atoms with Crippen LogP contribution in [0.25, 0.3) is 10.4 Å². The van der Waals surface area contributed by atoms with Gasteiger partial charge >= 0.3 is 0 Å². The monoisotopic (exact) mass is 388 g/mol. The van der Waals surface area contributed by atoms with Gasteiger partial charge in [-0.25, -0.2) is 8.78 Å². The zero-order valence-corrected chi connectivity index (χ0v) is 16.1. The smallest absolute Gasteiger partial charge is 0.254 e. The Kier molecular flexibility index (Phi) is 3.90. The van der Waals surface area contributed by atoms with E-state index in [1.807, 2.05) is 7.05 Å². The first-order valence-electron chi connectivity index (χ1n) is 9.63. The molecule has 142 valence electrons. The number of aryl methyl sites for hydroxylation is 1. The predicted octanol–water partition coefficient (Wildman–Crippen LogP) is 4.68. The van der Waals surface area contributed by atoms with Crippen molar-refractivity contribution in [2.24, 2.45) is 35.2 Å². The second-order valence-electron chi connectivity index (χ2n) is 8.73. The Morgan fingerprint density at radius 3 is 2.37 bits per heavy atom. The van der Waals surface area contributed by atoms with Crippen molar-refractivity contribution in [2.75, 3.05) is 0 Å². The lowest BCUT2D eigenvalue weighted by molar-refractivity contribution is -0.142. The van der Waals surface area contributed by atoms with Crippen LogP contribution in [0.2, 0.25) is 0 Å². The fourth-order valence-corrected chi connectivity index (χ4v) is 6.93. The highest BCUT2D eigenvalue weighted by Gasteiger charge is 2.54. The van der Waals surface area contributed by atoms with Crippen molar-refractivity contribution in [2.45, 2.75) is 38.5 Å². The van der Waals surface area contributed by atoms with Crippen molar-refractivity contribution >= 4 is 17.2 Å². The molecule has 0 spiro atoms. The highest BCUT2D eigenvalue weighted by molar-refractivity contribution is 7.12. The Morgan fingerprint density at radius 1 is 1.15 bits per heavy atom. The van der Waals surface area contributed by atoms with Crippen LogP contribution in [0.5, 0.6) is 0 Å². The number of hydrogen-bond donors (Lipinski definition) is 0. The van der Waals surface area contributed by atoms with Crippen molar-refractivity contribution in [3.63, 3.8) is 0 Å². The van der Waals surface area contributed by atoms with Crippen LogP contribution in [0.15, 0.2) is 29.4 Å². The van der Waals surface area contributed by atoms with Crippen LogP contribution >= 0.6 is 11.3 Å². The van der Waals surface area contributed by atoms with Crippen molar-refractivity contribution in [3.05, 3.63) is 40.8 Å². The molecule has 0 unspecified atom stereocenters. The standard InChI is InChI=1S/C21H22F2N2OS/c1-25-11-18(16-3-2-15(22)7-17(16)23)27-20(25)24-19(26)21-8-12-4-13(9-21)6-14(5-12)10-21/h2-3,7,11-14H,4-6,8-10H2,1H3/b24-20-. The van der Waals surface area contributed by atoms with Crippen molar-refractivity contribution < 1.29 is 13.6 Å². The SMILES string of the molecule is Cn1cc(-c2ccc(F)cc2F)s/c1=N\C(=O)C12CC3CC(CC(C3)C1)C2. The molecule has 4 bridgehead atoms. The van der Waals surface area contributed by atoms with Gasteiger partial charge in [-0.15, -0.1) is 0 Å². The fourth-order valence-electron chi connectivity index (χ4n) is 5.92. The number of halogens is 2. The first-order chi connectivity index (χ1) is 12.9. The molecule has 3 nitrogen and oxygen atoms in total. The van der Waals surface area contributed by atoms with Gasteiger partial charge in [-0.2, -0.15) is 4.99 Å². The predicted molar refractivity (Wildman–Crippen MR) is 99.8 cm³/mol. The van der Waals surface area contributed by atoms with Gasteiger partial charge in [-0.3, -0.25) is 4.79 Å². The number of rotatable bonds is 2. The number of thiazole rings is 1. The summed E-state index contributed by atoms with van der Waals surface area (Å²) in [4.78, 5) is 18.9. The highest BCUT2D eigenvalue weighted by atomic mass is 32.1. The Morgan fingerprint density at radius 2 is 1.78 bits per heavy atom. The summed E-state index contributed by atoms with van der Waals surface area (Å²) >= 11 is 1.28. The quantitative estimate of drug-likeness (QED) is 0.736. The molecular weight excluding hydrogens is 366 g/mol. The van der Waals surface area contributed by atoms with Crippen LogP contribution < -0.4 is 4.80 Å². The molecule has 1 heterocycles. The third-order valence-corrected chi connectivity index (χ3v) is 7.81. The van der Waals surface area contributed by atoms with E-state index in [2.05, 4.69) is 4.99 Å². The first kappa shape index (κ1) is 17.3. The summed E-state index contributed by atoms with van der Waals surface area (Å²) in [5.74, 6) is 0.879. The molecule has 0 radical (unpaired) electrons. The molecule has 4 saturated carbocycles. The highest BCUT2D eigenvalue weighted by Crippen LogP contribution is 2.60. The van der Waals surface area contributed by atoms with Gasteiger partial charge in [0.2, 0.25) is 0 Å². The van der Waals surface area contributed by atoms with E-state index in [-0.39, 0.29) is 11.3 Å². The summed E-state index contributed by atoms with van der Waals surface area (Å²) in [7, 11) is 1.81. The normalized spacial score (nSPS) is 32.3. The lowest BCUT2D eigenvalue weighted by Gasteiger charge is -2.55. The molecule has 4 aliphatic carbocycles. The minimum Gasteiger partial charge on any atom is -0.326 e. The van der Waals surface area contributed by atoms with Crippen molar-refractivity contribution in [1.29, 1.82) is 0 Å². The van der Waals surface area contributed by atoms with Gasteiger partial charge in [-0.1, -0.05) is 11.3 Å². The van der Waals surface area contributed by atoms with Crippen molar-refractivity contribution in [3.8, 4) is 10.4 Å². The molecule has 4 fully saturated rings. The summed E-state index contributed by atoms with van der Waals surface area (Å²) in [5, 5.41) is 0. The average molecular weight is 388 g/mol. The second-order valence-corrected chi connectivity index (χ2v) is 9.74. The Bertz CT molecular complexity index is 955. The summed E-state index contributed by atoms with van der Waals surface area (Å²) in [6, 6.07) is 3.56. The van der Waals surface area contributed by atoms with Gasteiger partial charge in [-0.05, 0) is 68.4 Å². The zero-order chi connectivity index (χ0) is 18.8. The molecule has 0 saturated heterocycles. The van der Waals surface area contributed by atoms with Crippen LogP contribution in [0.3, 0.4) is 0 Å². The number of hydrogen-bond acceptors (Lipinski definition) is 2. The summed E-state index contributed by atoms with van der Waals surface area (Å²) in [6.45, 7) is 0. The second kappa shape index (κ2) is 6.09. The van der Waals surface area contributed by atoms with Crippen LogP contribution in [-0.4, -0.2) is 10.5 Å². The molecule has 6 heteroatoms. The topological polar surface area (TPSA) is 34.4 Å². The molecule has 27 heavy (non-hydrogen) atoms. The number of carbonyl (C=O) groups is 1. The number of nitrogens with zero attached hydrogens (tertiary/aromatic N) is 2. The third-order valence-electron chi connectivity index (χ3n) is 6.70. The average Bonchev–Trinajstić information content (AvgIpc) is 2.94. The first-order valence-corrected chi connectivity index (χ1v) is 10.4. The van der Waals surface area contributed by atoms with Gasteiger partial charge in [0, 0.05) is 24.9 Å². The maximum absolute atomic E-state index is 14.1. The van der Waals surface area contributed by atoms with Gasteiger partial charge in [0.05, 0.1) is 10.3 Å². The Hall–Kier alpha value is -1.82. The van der Waals surface area contributed by atoms with E-state index in [0.717, 1.165) is 25.3 Å². The van der Waals surface area contributed by atoms with Crippen molar-refractivity contribution in [1.82, 2.24) is 4.57 Å². The molecule has 1 aromatic carbocycles. The molecule has 6 rings (SSSR count). The van der Waals surface area contributed by atoms with Crippen LogP contribution in [0, 0.1) is 34.8 Å². The third kappa shape index (κ3) is 2.89. The molecule has 4 aliphatic rings. The van der Waals surface area contributed by atoms with E-state index in [1.54, 1.807) is 10.8 Å². The summed E-state index contributed by atoms with van der Waals surface area (Å²) in [6.07, 6.45) is 8.56. The lowest BCUT2D eigenvalue weighted by atomic mass is 9.49.